The van der Waals surface area contributed by atoms with Crippen LogP contribution in [0.4, 0.5) is 0 Å². The van der Waals surface area contributed by atoms with E-state index in [1.807, 2.05) is 0 Å². The van der Waals surface area contributed by atoms with Crippen molar-refractivity contribution in [2.75, 3.05) is 19.6 Å². The molecule has 78 valence electrons. The molecule has 0 saturated heterocycles. The van der Waals surface area contributed by atoms with E-state index < -0.39 is 0 Å². The average molecular weight is 184 g/mol. The van der Waals surface area contributed by atoms with Gasteiger partial charge in [-0.3, -0.25) is 0 Å². The van der Waals surface area contributed by atoms with Gasteiger partial charge in [-0.05, 0) is 37.8 Å². The first kappa shape index (κ1) is 11.0. The second-order valence-electron chi connectivity index (χ2n) is 4.44. The van der Waals surface area contributed by atoms with Crippen molar-refractivity contribution in [3.05, 3.63) is 0 Å². The van der Waals surface area contributed by atoms with Crippen molar-refractivity contribution < 1.29 is 0 Å². The molecule has 0 unspecified atom stereocenters. The van der Waals surface area contributed by atoms with E-state index in [-0.39, 0.29) is 0 Å². The van der Waals surface area contributed by atoms with E-state index >= 15 is 0 Å². The second kappa shape index (κ2) is 5.61. The fourth-order valence-corrected chi connectivity index (χ4v) is 1.98. The molecule has 1 rings (SSSR count). The molecule has 2 heteroatoms. The summed E-state index contributed by atoms with van der Waals surface area (Å²) in [5.41, 5.74) is 6.25. The van der Waals surface area contributed by atoms with E-state index in [1.165, 1.54) is 45.1 Å². The predicted molar refractivity (Wildman–Crippen MR) is 57.7 cm³/mol. The number of hydrogen-bond donors (Lipinski definition) is 2. The maximum Gasteiger partial charge on any atom is 0.00199 e. The third-order valence-electron chi connectivity index (χ3n) is 3.30. The molecule has 1 aliphatic rings. The molecule has 0 aromatic rings. The van der Waals surface area contributed by atoms with Gasteiger partial charge in [-0.1, -0.05) is 26.2 Å². The van der Waals surface area contributed by atoms with E-state index in [0.717, 1.165) is 13.1 Å². The lowest BCUT2D eigenvalue weighted by Crippen LogP contribution is -2.45. The van der Waals surface area contributed by atoms with Gasteiger partial charge in [0.2, 0.25) is 0 Å². The van der Waals surface area contributed by atoms with Crippen molar-refractivity contribution in [3.63, 3.8) is 0 Å². The Kier molecular flexibility index (Phi) is 4.74. The number of hydrogen-bond acceptors (Lipinski definition) is 2. The summed E-state index contributed by atoms with van der Waals surface area (Å²) in [5, 5.41) is 3.53. The molecule has 0 aliphatic heterocycles. The molecule has 0 aromatic heterocycles. The maximum absolute atomic E-state index is 5.77. The van der Waals surface area contributed by atoms with Crippen molar-refractivity contribution >= 4 is 0 Å². The summed E-state index contributed by atoms with van der Waals surface area (Å²) in [6, 6.07) is 0. The third-order valence-corrected chi connectivity index (χ3v) is 3.30. The Balaban J connectivity index is 1.98. The highest BCUT2D eigenvalue weighted by Gasteiger charge is 2.34. The Morgan fingerprint density at radius 2 is 2.08 bits per heavy atom. The largest absolute Gasteiger partial charge is 0.330 e. The topological polar surface area (TPSA) is 38.0 Å². The zero-order valence-electron chi connectivity index (χ0n) is 8.94. The summed E-state index contributed by atoms with van der Waals surface area (Å²) in [6.07, 6.45) is 8.03. The summed E-state index contributed by atoms with van der Waals surface area (Å²) < 4.78 is 0. The highest BCUT2D eigenvalue weighted by atomic mass is 14.9. The van der Waals surface area contributed by atoms with Crippen LogP contribution in [0, 0.1) is 5.41 Å². The molecule has 2 nitrogen and oxygen atoms in total. The zero-order chi connectivity index (χ0) is 9.57. The number of unbranched alkanes of at least 4 members (excludes halogenated alkanes) is 2. The van der Waals surface area contributed by atoms with Gasteiger partial charge in [-0.2, -0.15) is 0 Å². The number of rotatable bonds is 7. The van der Waals surface area contributed by atoms with Crippen LogP contribution in [0.25, 0.3) is 0 Å². The van der Waals surface area contributed by atoms with E-state index in [4.69, 9.17) is 5.73 Å². The molecule has 1 aliphatic carbocycles. The smallest absolute Gasteiger partial charge is 0.00199 e. The Morgan fingerprint density at radius 1 is 1.31 bits per heavy atom. The fraction of sp³-hybridized carbons (Fsp3) is 1.00. The molecule has 0 radical (unpaired) electrons. The monoisotopic (exact) mass is 184 g/mol. The predicted octanol–water partition coefficient (Wildman–Crippen LogP) is 1.90. The second-order valence-corrected chi connectivity index (χ2v) is 4.44. The summed E-state index contributed by atoms with van der Waals surface area (Å²) in [7, 11) is 0. The Morgan fingerprint density at radius 3 is 2.54 bits per heavy atom. The van der Waals surface area contributed by atoms with Crippen LogP contribution >= 0.6 is 0 Å². The van der Waals surface area contributed by atoms with Gasteiger partial charge in [0.05, 0.1) is 0 Å². The standard InChI is InChI=1S/C11H24N2/c1-2-3-4-8-13-10-11(9-12)6-5-7-11/h13H,2-10,12H2,1H3. The van der Waals surface area contributed by atoms with Crippen molar-refractivity contribution in [3.8, 4) is 0 Å². The summed E-state index contributed by atoms with van der Waals surface area (Å²) in [4.78, 5) is 0. The first-order valence-corrected chi connectivity index (χ1v) is 5.74. The van der Waals surface area contributed by atoms with Crippen molar-refractivity contribution in [2.24, 2.45) is 11.1 Å². The van der Waals surface area contributed by atoms with E-state index in [9.17, 15) is 0 Å². The zero-order valence-corrected chi connectivity index (χ0v) is 8.94. The SMILES string of the molecule is CCCCCNCC1(CN)CCC1. The van der Waals surface area contributed by atoms with E-state index in [1.54, 1.807) is 0 Å². The van der Waals surface area contributed by atoms with Gasteiger partial charge in [0.1, 0.15) is 0 Å². The van der Waals surface area contributed by atoms with Gasteiger partial charge in [0.25, 0.3) is 0 Å². The summed E-state index contributed by atoms with van der Waals surface area (Å²) in [6.45, 7) is 5.43. The average Bonchev–Trinajstić information content (AvgIpc) is 2.09. The molecule has 0 bridgehead atoms. The first-order chi connectivity index (χ1) is 6.33. The Bertz CT molecular complexity index is 125. The van der Waals surface area contributed by atoms with Gasteiger partial charge in [-0.25, -0.2) is 0 Å². The first-order valence-electron chi connectivity index (χ1n) is 5.74. The molecule has 0 atom stereocenters. The third kappa shape index (κ3) is 3.28. The summed E-state index contributed by atoms with van der Waals surface area (Å²) >= 11 is 0. The molecule has 0 aromatic carbocycles. The molecule has 13 heavy (non-hydrogen) atoms. The molecule has 0 amide bonds. The minimum Gasteiger partial charge on any atom is -0.330 e. The van der Waals surface area contributed by atoms with E-state index in [2.05, 4.69) is 12.2 Å². The molecule has 0 heterocycles. The quantitative estimate of drug-likeness (QED) is 0.593. The van der Waals surface area contributed by atoms with Crippen LogP contribution in [-0.2, 0) is 0 Å². The normalized spacial score (nSPS) is 19.8. The van der Waals surface area contributed by atoms with Crippen molar-refractivity contribution in [1.82, 2.24) is 5.32 Å². The van der Waals surface area contributed by atoms with Crippen LogP contribution in [-0.4, -0.2) is 19.6 Å². The number of nitrogens with two attached hydrogens (primary N) is 1. The lowest BCUT2D eigenvalue weighted by Gasteiger charge is -2.41. The Hall–Kier alpha value is -0.0800. The van der Waals surface area contributed by atoms with Gasteiger partial charge in [0, 0.05) is 6.54 Å². The van der Waals surface area contributed by atoms with Crippen LogP contribution in [0.3, 0.4) is 0 Å². The van der Waals surface area contributed by atoms with Crippen LogP contribution in [0.15, 0.2) is 0 Å². The number of nitrogens with one attached hydrogen (secondary N) is 1. The van der Waals surface area contributed by atoms with Crippen molar-refractivity contribution in [1.29, 1.82) is 0 Å². The lowest BCUT2D eigenvalue weighted by molar-refractivity contribution is 0.141. The van der Waals surface area contributed by atoms with Crippen LogP contribution in [0.2, 0.25) is 0 Å². The molecular formula is C11H24N2. The Labute approximate surface area is 82.3 Å². The maximum atomic E-state index is 5.77. The lowest BCUT2D eigenvalue weighted by atomic mass is 9.69. The van der Waals surface area contributed by atoms with Gasteiger partial charge >= 0.3 is 0 Å². The molecule has 1 saturated carbocycles. The molecule has 0 spiro atoms. The minimum atomic E-state index is 0.478. The fourth-order valence-electron chi connectivity index (χ4n) is 1.98. The van der Waals surface area contributed by atoms with E-state index in [0.29, 0.717) is 5.41 Å². The van der Waals surface area contributed by atoms with Crippen LogP contribution in [0.5, 0.6) is 0 Å². The van der Waals surface area contributed by atoms with Crippen molar-refractivity contribution in [2.45, 2.75) is 45.4 Å². The molecule has 1 fully saturated rings. The van der Waals surface area contributed by atoms with Gasteiger partial charge < -0.3 is 11.1 Å². The summed E-state index contributed by atoms with van der Waals surface area (Å²) in [5.74, 6) is 0. The van der Waals surface area contributed by atoms with Crippen LogP contribution < -0.4 is 11.1 Å². The minimum absolute atomic E-state index is 0.478. The highest BCUT2D eigenvalue weighted by Crippen LogP contribution is 2.38. The van der Waals surface area contributed by atoms with Gasteiger partial charge in [0.15, 0.2) is 0 Å². The van der Waals surface area contributed by atoms with Crippen LogP contribution in [0.1, 0.15) is 45.4 Å². The molecular weight excluding hydrogens is 160 g/mol. The highest BCUT2D eigenvalue weighted by molar-refractivity contribution is 4.90. The molecule has 3 N–H and O–H groups in total. The van der Waals surface area contributed by atoms with Gasteiger partial charge in [-0.15, -0.1) is 0 Å².